The van der Waals surface area contributed by atoms with Gasteiger partial charge in [-0.3, -0.25) is 9.89 Å². The van der Waals surface area contributed by atoms with Gasteiger partial charge in [-0.1, -0.05) is 18.2 Å². The van der Waals surface area contributed by atoms with Gasteiger partial charge in [-0.25, -0.2) is 4.98 Å². The van der Waals surface area contributed by atoms with Crippen LogP contribution in [0.1, 0.15) is 23.1 Å². The van der Waals surface area contributed by atoms with E-state index in [0.29, 0.717) is 13.2 Å². The molecule has 0 bridgehead atoms. The molecule has 19 heavy (non-hydrogen) atoms. The van der Waals surface area contributed by atoms with Crippen molar-refractivity contribution in [2.75, 3.05) is 13.7 Å². The van der Waals surface area contributed by atoms with Crippen LogP contribution in [0.2, 0.25) is 0 Å². The zero-order valence-electron chi connectivity index (χ0n) is 11.0. The Morgan fingerprint density at radius 3 is 2.89 bits per heavy atom. The molecule has 0 unspecified atom stereocenters. The number of carbonyl (C=O) groups is 1. The second-order valence-electron chi connectivity index (χ2n) is 4.04. The van der Waals surface area contributed by atoms with Gasteiger partial charge in [0.05, 0.1) is 6.61 Å². The Morgan fingerprint density at radius 1 is 1.42 bits per heavy atom. The molecule has 1 heterocycles. The minimum absolute atomic E-state index is 0.205. The molecule has 0 aliphatic heterocycles. The summed E-state index contributed by atoms with van der Waals surface area (Å²) in [6.07, 6.45) is 1.31. The highest BCUT2D eigenvalue weighted by atomic mass is 16.5. The fraction of sp³-hybridized carbons (Fsp3) is 0.308. The quantitative estimate of drug-likeness (QED) is 0.883. The number of hydrogen-bond donors (Lipinski definition) is 1. The van der Waals surface area contributed by atoms with Crippen LogP contribution in [0.5, 0.6) is 5.75 Å². The largest absolute Gasteiger partial charge is 0.494 e. The van der Waals surface area contributed by atoms with Gasteiger partial charge in [0.1, 0.15) is 12.1 Å². The lowest BCUT2D eigenvalue weighted by Gasteiger charge is -2.17. The SMILES string of the molecule is CCOc1ccccc1CN(C)C(=O)c1ncn[nH]1. The number of aromatic amines is 1. The lowest BCUT2D eigenvalue weighted by molar-refractivity contribution is 0.0772. The van der Waals surface area contributed by atoms with Crippen molar-refractivity contribution in [3.05, 3.63) is 42.0 Å². The predicted octanol–water partition coefficient (Wildman–Crippen LogP) is 1.48. The van der Waals surface area contributed by atoms with Crippen molar-refractivity contribution in [3.63, 3.8) is 0 Å². The molecule has 100 valence electrons. The normalized spacial score (nSPS) is 10.2. The molecule has 6 nitrogen and oxygen atoms in total. The first-order chi connectivity index (χ1) is 9.22. The van der Waals surface area contributed by atoms with Gasteiger partial charge in [0.25, 0.3) is 5.91 Å². The molecule has 0 spiro atoms. The lowest BCUT2D eigenvalue weighted by atomic mass is 10.2. The van der Waals surface area contributed by atoms with E-state index in [4.69, 9.17) is 4.74 Å². The maximum atomic E-state index is 12.0. The van der Waals surface area contributed by atoms with Gasteiger partial charge >= 0.3 is 0 Å². The topological polar surface area (TPSA) is 71.1 Å². The molecule has 1 aromatic heterocycles. The smallest absolute Gasteiger partial charge is 0.291 e. The van der Waals surface area contributed by atoms with Gasteiger partial charge in [0, 0.05) is 19.2 Å². The summed E-state index contributed by atoms with van der Waals surface area (Å²) in [6.45, 7) is 2.98. The summed E-state index contributed by atoms with van der Waals surface area (Å²) in [6, 6.07) is 7.66. The molecule has 1 amide bonds. The number of benzene rings is 1. The first-order valence-electron chi connectivity index (χ1n) is 6.04. The van der Waals surface area contributed by atoms with E-state index in [1.807, 2.05) is 31.2 Å². The van der Waals surface area contributed by atoms with E-state index in [-0.39, 0.29) is 11.7 Å². The molecule has 0 fully saturated rings. The van der Waals surface area contributed by atoms with Gasteiger partial charge in [-0.05, 0) is 13.0 Å². The number of para-hydroxylation sites is 1. The number of nitrogens with zero attached hydrogens (tertiary/aromatic N) is 3. The third kappa shape index (κ3) is 3.09. The predicted molar refractivity (Wildman–Crippen MR) is 69.8 cm³/mol. The van der Waals surface area contributed by atoms with E-state index >= 15 is 0 Å². The van der Waals surface area contributed by atoms with Crippen LogP contribution in [0.15, 0.2) is 30.6 Å². The Balaban J connectivity index is 2.10. The van der Waals surface area contributed by atoms with E-state index in [0.717, 1.165) is 11.3 Å². The molecule has 0 saturated carbocycles. The molecule has 1 aromatic carbocycles. The Morgan fingerprint density at radius 2 is 2.21 bits per heavy atom. The molecular weight excluding hydrogens is 244 g/mol. The molecule has 0 aliphatic carbocycles. The highest BCUT2D eigenvalue weighted by Gasteiger charge is 2.16. The highest BCUT2D eigenvalue weighted by molar-refractivity contribution is 5.90. The Kier molecular flexibility index (Phi) is 4.12. The number of amides is 1. The van der Waals surface area contributed by atoms with Crippen LogP contribution < -0.4 is 4.74 Å². The Bertz CT molecular complexity index is 539. The highest BCUT2D eigenvalue weighted by Crippen LogP contribution is 2.19. The maximum Gasteiger partial charge on any atom is 0.291 e. The average Bonchev–Trinajstić information content (AvgIpc) is 2.94. The monoisotopic (exact) mass is 260 g/mol. The van der Waals surface area contributed by atoms with Crippen LogP contribution in [-0.4, -0.2) is 39.6 Å². The van der Waals surface area contributed by atoms with E-state index < -0.39 is 0 Å². The molecule has 0 saturated heterocycles. The Labute approximate surface area is 111 Å². The van der Waals surface area contributed by atoms with E-state index in [1.54, 1.807) is 11.9 Å². The molecule has 2 aromatic rings. The number of H-pyrrole nitrogens is 1. The van der Waals surface area contributed by atoms with Gasteiger partial charge in [-0.2, -0.15) is 5.10 Å². The van der Waals surface area contributed by atoms with E-state index in [1.165, 1.54) is 6.33 Å². The van der Waals surface area contributed by atoms with E-state index in [2.05, 4.69) is 15.2 Å². The maximum absolute atomic E-state index is 12.0. The summed E-state index contributed by atoms with van der Waals surface area (Å²) >= 11 is 0. The zero-order valence-corrected chi connectivity index (χ0v) is 11.0. The van der Waals surface area contributed by atoms with Gasteiger partial charge in [0.15, 0.2) is 0 Å². The van der Waals surface area contributed by atoms with Crippen molar-refractivity contribution in [3.8, 4) is 5.75 Å². The Hall–Kier alpha value is -2.37. The fourth-order valence-electron chi connectivity index (χ4n) is 1.75. The van der Waals surface area contributed by atoms with Crippen LogP contribution in [0.3, 0.4) is 0 Å². The lowest BCUT2D eigenvalue weighted by Crippen LogP contribution is -2.27. The summed E-state index contributed by atoms with van der Waals surface area (Å²) in [5.74, 6) is 0.822. The van der Waals surface area contributed by atoms with Gasteiger partial charge in [0.2, 0.25) is 5.82 Å². The number of aromatic nitrogens is 3. The van der Waals surface area contributed by atoms with Crippen molar-refractivity contribution in [1.29, 1.82) is 0 Å². The number of hydrogen-bond acceptors (Lipinski definition) is 4. The number of carbonyl (C=O) groups excluding carboxylic acids is 1. The summed E-state index contributed by atoms with van der Waals surface area (Å²) in [4.78, 5) is 17.4. The summed E-state index contributed by atoms with van der Waals surface area (Å²) in [5, 5.41) is 6.23. The fourth-order valence-corrected chi connectivity index (χ4v) is 1.75. The third-order valence-corrected chi connectivity index (χ3v) is 2.64. The molecular formula is C13H16N4O2. The van der Waals surface area contributed by atoms with Crippen LogP contribution in [0.4, 0.5) is 0 Å². The number of nitrogens with one attached hydrogen (secondary N) is 1. The van der Waals surface area contributed by atoms with Crippen LogP contribution >= 0.6 is 0 Å². The van der Waals surface area contributed by atoms with Crippen molar-refractivity contribution >= 4 is 5.91 Å². The molecule has 0 radical (unpaired) electrons. The van der Waals surface area contributed by atoms with Crippen molar-refractivity contribution in [2.24, 2.45) is 0 Å². The second-order valence-corrected chi connectivity index (χ2v) is 4.04. The van der Waals surface area contributed by atoms with Crippen LogP contribution in [-0.2, 0) is 6.54 Å². The second kappa shape index (κ2) is 5.99. The first kappa shape index (κ1) is 13.1. The van der Waals surface area contributed by atoms with Crippen molar-refractivity contribution < 1.29 is 9.53 Å². The van der Waals surface area contributed by atoms with Crippen LogP contribution in [0, 0.1) is 0 Å². The standard InChI is InChI=1S/C13H16N4O2/c1-3-19-11-7-5-4-6-10(11)8-17(2)13(18)12-14-9-15-16-12/h4-7,9H,3,8H2,1-2H3,(H,14,15,16). The molecule has 0 aliphatic rings. The first-order valence-corrected chi connectivity index (χ1v) is 6.04. The van der Waals surface area contributed by atoms with Crippen LogP contribution in [0.25, 0.3) is 0 Å². The number of ether oxygens (including phenoxy) is 1. The van der Waals surface area contributed by atoms with Crippen molar-refractivity contribution in [1.82, 2.24) is 20.1 Å². The molecule has 6 heteroatoms. The summed E-state index contributed by atoms with van der Waals surface area (Å²) < 4.78 is 5.53. The molecule has 0 atom stereocenters. The third-order valence-electron chi connectivity index (χ3n) is 2.64. The average molecular weight is 260 g/mol. The summed E-state index contributed by atoms with van der Waals surface area (Å²) in [7, 11) is 1.72. The molecule has 2 rings (SSSR count). The van der Waals surface area contributed by atoms with Gasteiger partial charge < -0.3 is 9.64 Å². The summed E-state index contributed by atoms with van der Waals surface area (Å²) in [5.41, 5.74) is 0.958. The van der Waals surface area contributed by atoms with E-state index in [9.17, 15) is 4.79 Å². The number of rotatable bonds is 5. The minimum Gasteiger partial charge on any atom is -0.494 e. The van der Waals surface area contributed by atoms with Gasteiger partial charge in [-0.15, -0.1) is 0 Å². The van der Waals surface area contributed by atoms with Crippen molar-refractivity contribution in [2.45, 2.75) is 13.5 Å². The molecule has 1 N–H and O–H groups in total. The zero-order chi connectivity index (χ0) is 13.7. The minimum atomic E-state index is -0.205.